The van der Waals surface area contributed by atoms with Crippen LogP contribution >= 0.6 is 0 Å². The average molecular weight is 296 g/mol. The molecule has 1 aromatic rings. The summed E-state index contributed by atoms with van der Waals surface area (Å²) in [7, 11) is 1.56. The van der Waals surface area contributed by atoms with E-state index in [-0.39, 0.29) is 24.8 Å². The molecule has 2 N–H and O–H groups in total. The molecule has 116 valence electrons. The fraction of sp³-hybridized carbons (Fsp3) is 0.467. The van der Waals surface area contributed by atoms with E-state index in [9.17, 15) is 14.0 Å². The van der Waals surface area contributed by atoms with Gasteiger partial charge in [0.2, 0.25) is 0 Å². The number of urea groups is 1. The van der Waals surface area contributed by atoms with Gasteiger partial charge in [-0.15, -0.1) is 0 Å². The number of carboxylic acid groups (broad SMARTS) is 1. The highest BCUT2D eigenvalue weighted by Gasteiger charge is 2.23. The maximum atomic E-state index is 13.5. The second kappa shape index (κ2) is 7.06. The Labute approximate surface area is 123 Å². The summed E-state index contributed by atoms with van der Waals surface area (Å²) in [5.74, 6) is -1.26. The molecule has 0 aromatic heterocycles. The Bertz CT molecular complexity index is 517. The summed E-state index contributed by atoms with van der Waals surface area (Å²) in [5, 5.41) is 11.4. The fourth-order valence-electron chi connectivity index (χ4n) is 1.82. The van der Waals surface area contributed by atoms with Gasteiger partial charge >= 0.3 is 12.0 Å². The third kappa shape index (κ3) is 5.81. The maximum Gasteiger partial charge on any atom is 0.317 e. The van der Waals surface area contributed by atoms with Gasteiger partial charge in [-0.2, -0.15) is 0 Å². The molecular weight excluding hydrogens is 275 g/mol. The molecule has 21 heavy (non-hydrogen) atoms. The van der Waals surface area contributed by atoms with Gasteiger partial charge in [-0.3, -0.25) is 4.79 Å². The van der Waals surface area contributed by atoms with Crippen molar-refractivity contribution in [2.75, 3.05) is 7.05 Å². The highest BCUT2D eigenvalue weighted by molar-refractivity contribution is 5.75. The number of amides is 2. The quantitative estimate of drug-likeness (QED) is 0.847. The largest absolute Gasteiger partial charge is 0.481 e. The Morgan fingerprint density at radius 1 is 1.33 bits per heavy atom. The van der Waals surface area contributed by atoms with Gasteiger partial charge in [-0.05, 0) is 26.3 Å². The van der Waals surface area contributed by atoms with Crippen molar-refractivity contribution in [3.05, 3.63) is 35.6 Å². The molecule has 0 heterocycles. The van der Waals surface area contributed by atoms with Crippen LogP contribution < -0.4 is 5.32 Å². The molecule has 0 aliphatic rings. The first-order valence-corrected chi connectivity index (χ1v) is 6.70. The van der Waals surface area contributed by atoms with E-state index in [1.165, 1.54) is 11.0 Å². The molecular formula is C15H21FN2O3. The molecule has 5 nitrogen and oxygen atoms in total. The summed E-state index contributed by atoms with van der Waals surface area (Å²) >= 11 is 0. The number of halogens is 1. The van der Waals surface area contributed by atoms with Crippen LogP contribution in [0.3, 0.4) is 0 Å². The van der Waals surface area contributed by atoms with Gasteiger partial charge in [0, 0.05) is 31.1 Å². The van der Waals surface area contributed by atoms with Gasteiger partial charge in [-0.25, -0.2) is 9.18 Å². The Kier molecular flexibility index (Phi) is 5.69. The van der Waals surface area contributed by atoms with Crippen LogP contribution in [-0.2, 0) is 11.3 Å². The van der Waals surface area contributed by atoms with E-state index in [1.807, 2.05) is 0 Å². The number of aliphatic carboxylic acids is 1. The molecule has 0 atom stereocenters. The van der Waals surface area contributed by atoms with Crippen molar-refractivity contribution >= 4 is 12.0 Å². The van der Waals surface area contributed by atoms with E-state index in [0.717, 1.165) is 0 Å². The van der Waals surface area contributed by atoms with E-state index in [0.29, 0.717) is 12.0 Å². The number of hydrogen-bond donors (Lipinski definition) is 2. The molecule has 0 aliphatic carbocycles. The lowest BCUT2D eigenvalue weighted by atomic mass is 9.99. The number of carbonyl (C=O) groups is 2. The van der Waals surface area contributed by atoms with E-state index in [4.69, 9.17) is 5.11 Å². The normalized spacial score (nSPS) is 11.0. The molecule has 0 bridgehead atoms. The van der Waals surface area contributed by atoms with Crippen molar-refractivity contribution in [3.63, 3.8) is 0 Å². The smallest absolute Gasteiger partial charge is 0.317 e. The molecule has 2 amide bonds. The number of benzene rings is 1. The van der Waals surface area contributed by atoms with Crippen LogP contribution in [0.15, 0.2) is 24.3 Å². The molecule has 0 unspecified atom stereocenters. The van der Waals surface area contributed by atoms with E-state index in [2.05, 4.69) is 5.32 Å². The zero-order valence-electron chi connectivity index (χ0n) is 12.5. The molecule has 0 radical (unpaired) electrons. The van der Waals surface area contributed by atoms with Gasteiger partial charge in [0.15, 0.2) is 0 Å². The van der Waals surface area contributed by atoms with E-state index in [1.54, 1.807) is 39.1 Å². The minimum absolute atomic E-state index is 0.0235. The van der Waals surface area contributed by atoms with Crippen LogP contribution in [0.25, 0.3) is 0 Å². The van der Waals surface area contributed by atoms with Gasteiger partial charge < -0.3 is 15.3 Å². The number of nitrogens with zero attached hydrogens (tertiary/aromatic N) is 1. The van der Waals surface area contributed by atoms with Gasteiger partial charge in [-0.1, -0.05) is 18.2 Å². The fourth-order valence-corrected chi connectivity index (χ4v) is 1.82. The number of nitrogens with one attached hydrogen (secondary N) is 1. The Hall–Kier alpha value is -2.11. The van der Waals surface area contributed by atoms with E-state index < -0.39 is 11.5 Å². The molecule has 0 aliphatic heterocycles. The number of rotatable bonds is 6. The highest BCUT2D eigenvalue weighted by Crippen LogP contribution is 2.13. The first kappa shape index (κ1) is 16.9. The van der Waals surface area contributed by atoms with Crippen LogP contribution in [0.1, 0.15) is 32.3 Å². The minimum Gasteiger partial charge on any atom is -0.481 e. The lowest BCUT2D eigenvalue weighted by Crippen LogP contribution is -2.48. The van der Waals surface area contributed by atoms with Crippen LogP contribution in [-0.4, -0.2) is 34.6 Å². The van der Waals surface area contributed by atoms with Gasteiger partial charge in [0.1, 0.15) is 5.82 Å². The van der Waals surface area contributed by atoms with E-state index >= 15 is 0 Å². The summed E-state index contributed by atoms with van der Waals surface area (Å²) in [6.07, 6.45) is 0.298. The zero-order valence-corrected chi connectivity index (χ0v) is 12.5. The Morgan fingerprint density at radius 2 is 1.95 bits per heavy atom. The summed E-state index contributed by atoms with van der Waals surface area (Å²) in [5.41, 5.74) is -0.211. The van der Waals surface area contributed by atoms with Crippen molar-refractivity contribution in [3.8, 4) is 0 Å². The molecule has 0 fully saturated rings. The van der Waals surface area contributed by atoms with Crippen molar-refractivity contribution in [1.29, 1.82) is 0 Å². The van der Waals surface area contributed by atoms with Crippen molar-refractivity contribution < 1.29 is 19.1 Å². The molecule has 1 aromatic carbocycles. The van der Waals surface area contributed by atoms with Crippen LogP contribution in [0.5, 0.6) is 0 Å². The Balaban J connectivity index is 2.58. The number of carboxylic acids is 1. The molecule has 0 saturated carbocycles. The first-order chi connectivity index (χ1) is 9.71. The summed E-state index contributed by atoms with van der Waals surface area (Å²) < 4.78 is 13.5. The summed E-state index contributed by atoms with van der Waals surface area (Å²) in [6.45, 7) is 3.66. The van der Waals surface area contributed by atoms with Crippen LogP contribution in [0.2, 0.25) is 0 Å². The Morgan fingerprint density at radius 3 is 2.52 bits per heavy atom. The predicted molar refractivity (Wildman–Crippen MR) is 77.3 cm³/mol. The van der Waals surface area contributed by atoms with Crippen molar-refractivity contribution in [2.45, 2.75) is 38.8 Å². The number of carbonyl (C=O) groups excluding carboxylic acids is 1. The standard InChI is InChI=1S/C15H21FN2O3/c1-15(2,9-8-13(19)20)17-14(21)18(3)10-11-6-4-5-7-12(11)16/h4-7H,8-10H2,1-3H3,(H,17,21)(H,19,20). The zero-order chi connectivity index (χ0) is 16.0. The highest BCUT2D eigenvalue weighted by atomic mass is 19.1. The van der Waals surface area contributed by atoms with Crippen LogP contribution in [0, 0.1) is 5.82 Å². The molecule has 0 spiro atoms. The second-order valence-corrected chi connectivity index (χ2v) is 5.66. The van der Waals surface area contributed by atoms with Crippen LogP contribution in [0.4, 0.5) is 9.18 Å². The monoisotopic (exact) mass is 296 g/mol. The van der Waals surface area contributed by atoms with Crippen molar-refractivity contribution in [2.24, 2.45) is 0 Å². The molecule has 6 heteroatoms. The first-order valence-electron chi connectivity index (χ1n) is 6.70. The lowest BCUT2D eigenvalue weighted by Gasteiger charge is -2.29. The SMILES string of the molecule is CN(Cc1ccccc1F)C(=O)NC(C)(C)CCC(=O)O. The molecule has 0 saturated heterocycles. The minimum atomic E-state index is -0.906. The maximum absolute atomic E-state index is 13.5. The second-order valence-electron chi connectivity index (χ2n) is 5.66. The summed E-state index contributed by atoms with van der Waals surface area (Å²) in [6, 6.07) is 5.90. The van der Waals surface area contributed by atoms with Gasteiger partial charge in [0.25, 0.3) is 0 Å². The van der Waals surface area contributed by atoms with Gasteiger partial charge in [0.05, 0.1) is 0 Å². The predicted octanol–water partition coefficient (Wildman–Crippen LogP) is 2.61. The van der Waals surface area contributed by atoms with Crippen molar-refractivity contribution in [1.82, 2.24) is 10.2 Å². The molecule has 1 rings (SSSR count). The number of hydrogen-bond acceptors (Lipinski definition) is 2. The summed E-state index contributed by atoms with van der Waals surface area (Å²) in [4.78, 5) is 24.0. The average Bonchev–Trinajstić information content (AvgIpc) is 2.38. The third-order valence-electron chi connectivity index (χ3n) is 3.12. The topological polar surface area (TPSA) is 69.6 Å². The lowest BCUT2D eigenvalue weighted by molar-refractivity contribution is -0.137. The third-order valence-corrected chi connectivity index (χ3v) is 3.12.